The van der Waals surface area contributed by atoms with Crippen LogP contribution in [0.3, 0.4) is 0 Å². The molecule has 0 spiro atoms. The number of hydrogen-bond donors (Lipinski definition) is 1. The number of thioether (sulfide) groups is 1. The molecular weight excluding hydrogens is 292 g/mol. The van der Waals surface area contributed by atoms with E-state index in [9.17, 15) is 9.00 Å². The van der Waals surface area contributed by atoms with Gasteiger partial charge in [-0.05, 0) is 19.1 Å². The van der Waals surface area contributed by atoms with Crippen molar-refractivity contribution in [2.45, 2.75) is 42.7 Å². The van der Waals surface area contributed by atoms with Gasteiger partial charge in [-0.1, -0.05) is 20.8 Å². The maximum atomic E-state index is 12.0. The van der Waals surface area contributed by atoms with E-state index in [2.05, 4.69) is 31.1 Å². The molecule has 2 unspecified atom stereocenters. The van der Waals surface area contributed by atoms with E-state index in [4.69, 9.17) is 0 Å². The average Bonchev–Trinajstić information content (AvgIpc) is 2.33. The summed E-state index contributed by atoms with van der Waals surface area (Å²) < 4.78 is 11.3. The van der Waals surface area contributed by atoms with Gasteiger partial charge in [-0.3, -0.25) is 9.00 Å². The van der Waals surface area contributed by atoms with Gasteiger partial charge in [0.15, 0.2) is 0 Å². The molecule has 0 radical (unpaired) electrons. The highest BCUT2D eigenvalue weighted by Gasteiger charge is 2.15. The number of hydrogen-bond acceptors (Lipinski definition) is 4. The lowest BCUT2D eigenvalue weighted by Crippen LogP contribution is -2.32. The molecule has 1 aromatic heterocycles. The number of rotatable bonds is 5. The van der Waals surface area contributed by atoms with Crippen LogP contribution in [0.5, 0.6) is 0 Å². The van der Waals surface area contributed by atoms with Crippen molar-refractivity contribution >= 4 is 28.5 Å². The molecule has 6 heteroatoms. The number of carbonyl (C=O) groups is 1. The second kappa shape index (κ2) is 7.22. The summed E-state index contributed by atoms with van der Waals surface area (Å²) in [5.41, 5.74) is 0.584. The molecule has 0 saturated carbocycles. The predicted octanol–water partition coefficient (Wildman–Crippen LogP) is 2.47. The number of nitrogens with one attached hydrogen (secondary N) is 1. The molecule has 0 aliphatic carbocycles. The number of pyridine rings is 1. The molecule has 0 aliphatic rings. The second-order valence-corrected chi connectivity index (χ2v) is 9.27. The smallest absolute Gasteiger partial charge is 0.251 e. The summed E-state index contributed by atoms with van der Waals surface area (Å²) in [5, 5.41) is 3.58. The van der Waals surface area contributed by atoms with Crippen LogP contribution in [0.15, 0.2) is 23.4 Å². The van der Waals surface area contributed by atoms with Crippen molar-refractivity contribution in [3.05, 3.63) is 23.9 Å². The molecule has 1 heterocycles. The molecule has 1 N–H and O–H groups in total. The summed E-state index contributed by atoms with van der Waals surface area (Å²) in [4.78, 5) is 16.3. The van der Waals surface area contributed by atoms with Crippen molar-refractivity contribution in [2.75, 3.05) is 12.8 Å². The molecule has 1 amide bonds. The fraction of sp³-hybridized carbons (Fsp3) is 0.571. The van der Waals surface area contributed by atoms with Gasteiger partial charge in [-0.2, -0.15) is 0 Å². The van der Waals surface area contributed by atoms with Crippen LogP contribution >= 0.6 is 11.8 Å². The van der Waals surface area contributed by atoms with Crippen LogP contribution in [0.1, 0.15) is 38.1 Å². The van der Waals surface area contributed by atoms with Gasteiger partial charge >= 0.3 is 0 Å². The summed E-state index contributed by atoms with van der Waals surface area (Å²) in [6, 6.07) is 3.48. The van der Waals surface area contributed by atoms with Gasteiger partial charge in [0.2, 0.25) is 0 Å². The lowest BCUT2D eigenvalue weighted by molar-refractivity contribution is 0.0953. The largest absolute Gasteiger partial charge is 0.351 e. The SMILES string of the molecule is CC(CNC(=O)c1ccnc(SC(C)(C)C)c1)S(C)=O. The lowest BCUT2D eigenvalue weighted by Gasteiger charge is -2.17. The molecule has 4 nitrogen and oxygen atoms in total. The third-order valence-corrected chi connectivity index (χ3v) is 4.87. The molecular formula is C14H22N2O2S2. The van der Waals surface area contributed by atoms with Crippen molar-refractivity contribution < 1.29 is 9.00 Å². The first kappa shape index (κ1) is 17.2. The Hall–Kier alpha value is -0.880. The van der Waals surface area contributed by atoms with Gasteiger partial charge in [-0.15, -0.1) is 11.8 Å². The zero-order valence-electron chi connectivity index (χ0n) is 12.6. The normalized spacial score (nSPS) is 14.7. The van der Waals surface area contributed by atoms with E-state index in [-0.39, 0.29) is 15.9 Å². The van der Waals surface area contributed by atoms with Gasteiger partial charge in [0.1, 0.15) is 0 Å². The van der Waals surface area contributed by atoms with Crippen LogP contribution < -0.4 is 5.32 Å². The van der Waals surface area contributed by atoms with Crippen LogP contribution in [0, 0.1) is 0 Å². The van der Waals surface area contributed by atoms with Gasteiger partial charge in [0, 0.05) is 45.4 Å². The van der Waals surface area contributed by atoms with Crippen molar-refractivity contribution in [3.8, 4) is 0 Å². The Bertz CT molecular complexity index is 498. The Kier molecular flexibility index (Phi) is 6.20. The lowest BCUT2D eigenvalue weighted by atomic mass is 10.2. The maximum Gasteiger partial charge on any atom is 0.251 e. The topological polar surface area (TPSA) is 59.1 Å². The quantitative estimate of drug-likeness (QED) is 0.848. The molecule has 0 bridgehead atoms. The number of amides is 1. The summed E-state index contributed by atoms with van der Waals surface area (Å²) in [6.45, 7) is 8.56. The first-order valence-corrected chi connectivity index (χ1v) is 8.88. The molecule has 0 saturated heterocycles. The van der Waals surface area contributed by atoms with Crippen molar-refractivity contribution in [1.29, 1.82) is 0 Å². The second-order valence-electron chi connectivity index (χ2n) is 5.62. The van der Waals surface area contributed by atoms with E-state index < -0.39 is 10.8 Å². The monoisotopic (exact) mass is 314 g/mol. The van der Waals surface area contributed by atoms with Crippen molar-refractivity contribution in [2.24, 2.45) is 0 Å². The molecule has 2 atom stereocenters. The van der Waals surface area contributed by atoms with Crippen molar-refractivity contribution in [1.82, 2.24) is 10.3 Å². The third-order valence-electron chi connectivity index (χ3n) is 2.52. The summed E-state index contributed by atoms with van der Waals surface area (Å²) in [5.74, 6) is -0.152. The molecule has 112 valence electrons. The summed E-state index contributed by atoms with van der Waals surface area (Å²) in [7, 11) is -0.932. The molecule has 0 aliphatic heterocycles. The molecule has 20 heavy (non-hydrogen) atoms. The Morgan fingerprint density at radius 3 is 2.70 bits per heavy atom. The Labute approximate surface area is 127 Å². The molecule has 0 fully saturated rings. The number of aromatic nitrogens is 1. The van der Waals surface area contributed by atoms with Crippen molar-refractivity contribution in [3.63, 3.8) is 0 Å². The minimum atomic E-state index is -0.932. The van der Waals surface area contributed by atoms with Gasteiger partial charge in [-0.25, -0.2) is 4.98 Å². The Balaban J connectivity index is 2.69. The highest BCUT2D eigenvalue weighted by atomic mass is 32.2. The van der Waals surface area contributed by atoms with Gasteiger partial charge < -0.3 is 5.32 Å². The predicted molar refractivity (Wildman–Crippen MR) is 85.7 cm³/mol. The standard InChI is InChI=1S/C14H22N2O2S2/c1-10(20(5)18)9-16-13(17)11-6-7-15-12(8-11)19-14(2,3)4/h6-8,10H,9H2,1-5H3,(H,16,17). The first-order valence-electron chi connectivity index (χ1n) is 6.44. The molecule has 1 rings (SSSR count). The van der Waals surface area contributed by atoms with Gasteiger partial charge in [0.25, 0.3) is 5.91 Å². The number of nitrogens with zero attached hydrogens (tertiary/aromatic N) is 1. The van der Waals surface area contributed by atoms with Crippen LogP contribution in [0.2, 0.25) is 0 Å². The fourth-order valence-corrected chi connectivity index (χ4v) is 2.62. The Morgan fingerprint density at radius 1 is 1.50 bits per heavy atom. The van der Waals surface area contributed by atoms with Gasteiger partial charge in [0.05, 0.1) is 5.03 Å². The minimum Gasteiger partial charge on any atom is -0.351 e. The fourth-order valence-electron chi connectivity index (χ4n) is 1.38. The average molecular weight is 314 g/mol. The van der Waals surface area contributed by atoms with Crippen LogP contribution in [-0.2, 0) is 10.8 Å². The first-order chi connectivity index (χ1) is 9.19. The zero-order chi connectivity index (χ0) is 15.3. The van der Waals surface area contributed by atoms with E-state index in [0.717, 1.165) is 5.03 Å². The highest BCUT2D eigenvalue weighted by molar-refractivity contribution is 8.00. The minimum absolute atomic E-state index is 0.0513. The van der Waals surface area contributed by atoms with E-state index in [1.165, 1.54) is 0 Å². The summed E-state index contributed by atoms with van der Waals surface area (Å²) >= 11 is 1.62. The third kappa shape index (κ3) is 6.05. The van der Waals surface area contributed by atoms with Crippen LogP contribution in [0.4, 0.5) is 0 Å². The molecule has 0 aromatic carbocycles. The zero-order valence-corrected chi connectivity index (χ0v) is 14.2. The van der Waals surface area contributed by atoms with E-state index in [1.807, 2.05) is 6.92 Å². The van der Waals surface area contributed by atoms with Crippen LogP contribution in [-0.4, -0.2) is 37.9 Å². The maximum absolute atomic E-state index is 12.0. The van der Waals surface area contributed by atoms with E-state index in [1.54, 1.807) is 36.3 Å². The molecule has 1 aromatic rings. The highest BCUT2D eigenvalue weighted by Crippen LogP contribution is 2.30. The van der Waals surface area contributed by atoms with E-state index >= 15 is 0 Å². The van der Waals surface area contributed by atoms with E-state index in [0.29, 0.717) is 12.1 Å². The van der Waals surface area contributed by atoms with Crippen LogP contribution in [0.25, 0.3) is 0 Å². The summed E-state index contributed by atoms with van der Waals surface area (Å²) in [6.07, 6.45) is 3.28. The number of carbonyl (C=O) groups excluding carboxylic acids is 1. The Morgan fingerprint density at radius 2 is 2.15 bits per heavy atom.